The molecule has 190 valence electrons. The Hall–Kier alpha value is -4.42. The van der Waals surface area contributed by atoms with Crippen molar-refractivity contribution in [3.8, 4) is 0 Å². The monoisotopic (exact) mass is 550 g/mol. The van der Waals surface area contributed by atoms with Crippen LogP contribution in [0.15, 0.2) is 107 Å². The Kier molecular flexibility index (Phi) is 8.56. The average molecular weight is 551 g/mol. The molecule has 38 heavy (non-hydrogen) atoms. The topological polar surface area (TPSA) is 111 Å². The van der Waals surface area contributed by atoms with E-state index in [0.717, 1.165) is 0 Å². The summed E-state index contributed by atoms with van der Waals surface area (Å²) >= 11 is 0. The zero-order valence-electron chi connectivity index (χ0n) is 19.2. The largest absolute Gasteiger partial charge is 0.269 e. The second-order valence-electron chi connectivity index (χ2n) is 7.56. The van der Waals surface area contributed by atoms with Crippen LogP contribution in [0.5, 0.6) is 0 Å². The van der Waals surface area contributed by atoms with E-state index in [-0.39, 0.29) is 11.4 Å². The maximum Gasteiger partial charge on any atom is 0.269 e. The van der Waals surface area contributed by atoms with Gasteiger partial charge in [0, 0.05) is 35.4 Å². The first-order valence-electron chi connectivity index (χ1n) is 10.8. The lowest BCUT2D eigenvalue weighted by Crippen LogP contribution is -1.98. The van der Waals surface area contributed by atoms with Crippen LogP contribution in [0.1, 0.15) is 11.1 Å². The standard InChI is InChI=1S/C26H16F2N4O4S2/c27-19-5-1-17(2-6-19)25(29-21-9-13-23(14-10-21)31(33)34)37-38-26(18-3-7-20(28)8-4-18)30-22-11-15-24(16-12-22)32(35)36/h1-16H. The van der Waals surface area contributed by atoms with E-state index in [9.17, 15) is 29.0 Å². The lowest BCUT2D eigenvalue weighted by molar-refractivity contribution is -0.385. The molecule has 0 heterocycles. The highest BCUT2D eigenvalue weighted by Gasteiger charge is 2.13. The molecule has 0 aromatic heterocycles. The van der Waals surface area contributed by atoms with Crippen LogP contribution in [0, 0.1) is 31.9 Å². The molecule has 0 amide bonds. The van der Waals surface area contributed by atoms with Gasteiger partial charge in [0.15, 0.2) is 0 Å². The molecular weight excluding hydrogens is 534 g/mol. The number of aliphatic imine (C=N–C) groups is 2. The highest BCUT2D eigenvalue weighted by molar-refractivity contribution is 8.87. The lowest BCUT2D eigenvalue weighted by Gasteiger charge is -2.09. The average Bonchev–Trinajstić information content (AvgIpc) is 2.92. The van der Waals surface area contributed by atoms with E-state index in [1.54, 1.807) is 24.3 Å². The summed E-state index contributed by atoms with van der Waals surface area (Å²) in [6.07, 6.45) is 0. The number of benzene rings is 4. The molecule has 0 saturated heterocycles. The predicted octanol–water partition coefficient (Wildman–Crippen LogP) is 8.02. The minimum absolute atomic E-state index is 0.0804. The number of hydrogen-bond donors (Lipinski definition) is 0. The minimum atomic E-state index is -0.511. The molecule has 8 nitrogen and oxygen atoms in total. The zero-order chi connectivity index (χ0) is 27.1. The van der Waals surface area contributed by atoms with Crippen molar-refractivity contribution in [2.24, 2.45) is 9.98 Å². The normalized spacial score (nSPS) is 11.8. The predicted molar refractivity (Wildman–Crippen MR) is 147 cm³/mol. The molecule has 0 atom stereocenters. The van der Waals surface area contributed by atoms with E-state index in [2.05, 4.69) is 9.98 Å². The van der Waals surface area contributed by atoms with Gasteiger partial charge in [0.2, 0.25) is 0 Å². The van der Waals surface area contributed by atoms with Crippen LogP contribution >= 0.6 is 21.6 Å². The molecule has 0 aliphatic carbocycles. The first-order valence-corrected chi connectivity index (χ1v) is 13.0. The van der Waals surface area contributed by atoms with Crippen molar-refractivity contribution < 1.29 is 18.6 Å². The maximum absolute atomic E-state index is 13.6. The molecule has 4 aromatic carbocycles. The Balaban J connectivity index is 1.69. The molecule has 0 radical (unpaired) electrons. The van der Waals surface area contributed by atoms with Crippen molar-refractivity contribution in [3.05, 3.63) is 140 Å². The Morgan fingerprint density at radius 3 is 1.16 bits per heavy atom. The van der Waals surface area contributed by atoms with Crippen LogP contribution in [0.2, 0.25) is 0 Å². The fourth-order valence-corrected chi connectivity index (χ4v) is 5.24. The fraction of sp³-hybridized carbons (Fsp3) is 0. The van der Waals surface area contributed by atoms with Crippen LogP contribution < -0.4 is 0 Å². The molecule has 0 saturated carbocycles. The third kappa shape index (κ3) is 7.08. The van der Waals surface area contributed by atoms with Gasteiger partial charge < -0.3 is 0 Å². The van der Waals surface area contributed by atoms with Crippen LogP contribution in [-0.4, -0.2) is 19.9 Å². The molecule has 0 fully saturated rings. The second-order valence-corrected chi connectivity index (χ2v) is 9.67. The molecule has 0 N–H and O–H groups in total. The van der Waals surface area contributed by atoms with Gasteiger partial charge in [-0.2, -0.15) is 0 Å². The van der Waals surface area contributed by atoms with Gasteiger partial charge in [-0.3, -0.25) is 20.2 Å². The SMILES string of the molecule is O=[N+]([O-])c1ccc(N=C(SSC(=Nc2ccc([N+](=O)[O-])cc2)c2ccc(F)cc2)c2ccc(F)cc2)cc1. The summed E-state index contributed by atoms with van der Waals surface area (Å²) in [5.41, 5.74) is 1.91. The van der Waals surface area contributed by atoms with Crippen LogP contribution in [-0.2, 0) is 0 Å². The van der Waals surface area contributed by atoms with Gasteiger partial charge in [-0.1, -0.05) is 0 Å². The number of rotatable bonds is 6. The third-order valence-electron chi connectivity index (χ3n) is 4.96. The number of nitro benzene ring substituents is 2. The Bertz CT molecular complexity index is 1390. The summed E-state index contributed by atoms with van der Waals surface area (Å²) in [6, 6.07) is 22.7. The number of nitrogens with zero attached hydrogens (tertiary/aromatic N) is 4. The van der Waals surface area contributed by atoms with Crippen molar-refractivity contribution in [1.82, 2.24) is 0 Å². The molecule has 4 aromatic rings. The molecular formula is C26H16F2N4O4S2. The smallest absolute Gasteiger partial charge is 0.258 e. The molecule has 0 unspecified atom stereocenters. The quantitative estimate of drug-likeness (QED) is 0.0790. The number of nitro groups is 2. The zero-order valence-corrected chi connectivity index (χ0v) is 20.9. The molecule has 0 spiro atoms. The van der Waals surface area contributed by atoms with Gasteiger partial charge in [0.05, 0.1) is 21.2 Å². The van der Waals surface area contributed by atoms with Gasteiger partial charge >= 0.3 is 0 Å². The van der Waals surface area contributed by atoms with E-state index in [1.807, 2.05) is 0 Å². The van der Waals surface area contributed by atoms with E-state index >= 15 is 0 Å². The molecule has 0 aliphatic rings. The third-order valence-corrected chi connectivity index (χ3v) is 7.21. The lowest BCUT2D eigenvalue weighted by atomic mass is 10.2. The van der Waals surface area contributed by atoms with Crippen LogP contribution in [0.4, 0.5) is 31.5 Å². The highest BCUT2D eigenvalue weighted by atomic mass is 33.1. The summed E-state index contributed by atoms with van der Waals surface area (Å²) < 4.78 is 27.2. The Morgan fingerprint density at radius 2 is 0.868 bits per heavy atom. The van der Waals surface area contributed by atoms with Crippen molar-refractivity contribution in [3.63, 3.8) is 0 Å². The minimum Gasteiger partial charge on any atom is -0.258 e. The van der Waals surface area contributed by atoms with Gasteiger partial charge in [-0.05, 0) is 94.4 Å². The van der Waals surface area contributed by atoms with E-state index < -0.39 is 21.5 Å². The second kappa shape index (κ2) is 12.2. The van der Waals surface area contributed by atoms with Gasteiger partial charge in [-0.15, -0.1) is 0 Å². The van der Waals surface area contributed by atoms with E-state index in [0.29, 0.717) is 32.6 Å². The van der Waals surface area contributed by atoms with Gasteiger partial charge in [-0.25, -0.2) is 18.8 Å². The Labute approximate surface area is 222 Å². The summed E-state index contributed by atoms with van der Waals surface area (Å²) in [4.78, 5) is 30.1. The first kappa shape index (κ1) is 26.6. The highest BCUT2D eigenvalue weighted by Crippen LogP contribution is 2.35. The summed E-state index contributed by atoms with van der Waals surface area (Å²) in [6.45, 7) is 0. The summed E-state index contributed by atoms with van der Waals surface area (Å²) in [5, 5.41) is 22.9. The van der Waals surface area contributed by atoms with Crippen LogP contribution in [0.25, 0.3) is 0 Å². The fourth-order valence-electron chi connectivity index (χ4n) is 3.06. The molecule has 0 bridgehead atoms. The van der Waals surface area contributed by atoms with Gasteiger partial charge in [0.1, 0.15) is 21.7 Å². The number of halogens is 2. The van der Waals surface area contributed by atoms with E-state index in [4.69, 9.17) is 0 Å². The van der Waals surface area contributed by atoms with Crippen molar-refractivity contribution in [2.45, 2.75) is 0 Å². The number of hydrogen-bond acceptors (Lipinski definition) is 8. The molecule has 12 heteroatoms. The van der Waals surface area contributed by atoms with Gasteiger partial charge in [0.25, 0.3) is 11.4 Å². The summed E-state index contributed by atoms with van der Waals surface area (Å²) in [5.74, 6) is -0.847. The summed E-state index contributed by atoms with van der Waals surface area (Å²) in [7, 11) is 2.40. The van der Waals surface area contributed by atoms with Crippen LogP contribution in [0.3, 0.4) is 0 Å². The number of non-ortho nitro benzene ring substituents is 2. The maximum atomic E-state index is 13.6. The van der Waals surface area contributed by atoms with E-state index in [1.165, 1.54) is 94.4 Å². The first-order chi connectivity index (χ1) is 18.3. The van der Waals surface area contributed by atoms with Crippen molar-refractivity contribution in [1.29, 1.82) is 0 Å². The Morgan fingerprint density at radius 1 is 0.553 bits per heavy atom. The molecule has 0 aliphatic heterocycles. The van der Waals surface area contributed by atoms with Crippen molar-refractivity contribution in [2.75, 3.05) is 0 Å². The molecule has 4 rings (SSSR count). The van der Waals surface area contributed by atoms with Crippen molar-refractivity contribution >= 4 is 54.4 Å².